The van der Waals surface area contributed by atoms with Gasteiger partial charge in [-0.05, 0) is 78.5 Å². The summed E-state index contributed by atoms with van der Waals surface area (Å²) in [5.74, 6) is 2.00. The predicted molar refractivity (Wildman–Crippen MR) is 221 cm³/mol. The first-order chi connectivity index (χ1) is 26.2. The third kappa shape index (κ3) is 4.77. The molecule has 3 heteroatoms. The molecule has 1 aromatic heterocycles. The monoisotopic (exact) mass is 679 g/mol. The second-order valence-electron chi connectivity index (χ2n) is 14.1. The largest absolute Gasteiger partial charge is 0.208 e. The Labute approximate surface area is 309 Å². The van der Waals surface area contributed by atoms with E-state index in [0.717, 1.165) is 67.4 Å². The number of fused-ring (bicyclic) bond motifs is 6. The molecular formula is C50H37N3. The van der Waals surface area contributed by atoms with Crippen LogP contribution in [0, 0.1) is 0 Å². The molecule has 0 N–H and O–H groups in total. The van der Waals surface area contributed by atoms with Gasteiger partial charge in [-0.1, -0.05) is 178 Å². The van der Waals surface area contributed by atoms with E-state index in [4.69, 9.17) is 15.0 Å². The van der Waals surface area contributed by atoms with Gasteiger partial charge < -0.3 is 0 Å². The van der Waals surface area contributed by atoms with E-state index in [1.54, 1.807) is 0 Å². The molecule has 3 nitrogen and oxygen atoms in total. The Bertz CT molecular complexity index is 2770. The molecule has 0 amide bonds. The summed E-state index contributed by atoms with van der Waals surface area (Å²) in [4.78, 5) is 16.2. The van der Waals surface area contributed by atoms with E-state index in [2.05, 4.69) is 178 Å². The van der Waals surface area contributed by atoms with Crippen molar-refractivity contribution < 1.29 is 0 Å². The fourth-order valence-electron chi connectivity index (χ4n) is 9.08. The van der Waals surface area contributed by atoms with Crippen LogP contribution in [0.4, 0.5) is 0 Å². The number of nitrogens with zero attached hydrogens (tertiary/aromatic N) is 3. The molecule has 1 aliphatic rings. The molecule has 0 saturated heterocycles. The van der Waals surface area contributed by atoms with Gasteiger partial charge in [0.25, 0.3) is 0 Å². The highest BCUT2D eigenvalue weighted by molar-refractivity contribution is 6.05. The highest BCUT2D eigenvalue weighted by atomic mass is 15.0. The fourth-order valence-corrected chi connectivity index (χ4v) is 9.08. The summed E-state index contributed by atoms with van der Waals surface area (Å²) in [7, 11) is 0. The summed E-state index contributed by atoms with van der Waals surface area (Å²) in [6, 6.07) is 58.8. The van der Waals surface area contributed by atoms with Gasteiger partial charge >= 0.3 is 0 Å². The second-order valence-corrected chi connectivity index (χ2v) is 14.1. The Morgan fingerprint density at radius 3 is 1.42 bits per heavy atom. The summed E-state index contributed by atoms with van der Waals surface area (Å²) in [6.45, 7) is 4.68. The molecule has 1 heterocycles. The topological polar surface area (TPSA) is 38.7 Å². The summed E-state index contributed by atoms with van der Waals surface area (Å²) in [5, 5.41) is 6.81. The van der Waals surface area contributed by atoms with Crippen LogP contribution in [0.25, 0.3) is 88.7 Å². The van der Waals surface area contributed by atoms with Gasteiger partial charge in [-0.3, -0.25) is 0 Å². The number of hydrogen-bond acceptors (Lipinski definition) is 3. The van der Waals surface area contributed by atoms with Crippen LogP contribution in [0.3, 0.4) is 0 Å². The molecule has 0 radical (unpaired) electrons. The Morgan fingerprint density at radius 2 is 0.792 bits per heavy atom. The third-order valence-corrected chi connectivity index (χ3v) is 11.6. The number of benzene rings is 8. The van der Waals surface area contributed by atoms with Gasteiger partial charge in [-0.2, -0.15) is 0 Å². The first kappa shape index (κ1) is 31.3. The van der Waals surface area contributed by atoms with Crippen molar-refractivity contribution in [2.75, 3.05) is 0 Å². The molecule has 1 aliphatic carbocycles. The third-order valence-electron chi connectivity index (χ3n) is 11.6. The number of rotatable bonds is 6. The van der Waals surface area contributed by atoms with Crippen molar-refractivity contribution in [2.45, 2.75) is 32.1 Å². The van der Waals surface area contributed by atoms with Crippen molar-refractivity contribution in [2.24, 2.45) is 0 Å². The van der Waals surface area contributed by atoms with Crippen molar-refractivity contribution in [1.29, 1.82) is 0 Å². The van der Waals surface area contributed by atoms with E-state index in [-0.39, 0.29) is 5.41 Å². The van der Waals surface area contributed by atoms with Gasteiger partial charge in [0.2, 0.25) is 0 Å². The first-order valence-electron chi connectivity index (χ1n) is 18.7. The van der Waals surface area contributed by atoms with Crippen LogP contribution in [0.2, 0.25) is 0 Å². The lowest BCUT2D eigenvalue weighted by Gasteiger charge is -2.32. The highest BCUT2D eigenvalue weighted by Gasteiger charge is 2.42. The van der Waals surface area contributed by atoms with Crippen molar-refractivity contribution >= 4 is 32.3 Å². The summed E-state index contributed by atoms with van der Waals surface area (Å²) in [5.41, 5.74) is 10.8. The Morgan fingerprint density at radius 1 is 0.358 bits per heavy atom. The standard InChI is InChI=1S/C50H37N3/c1-3-50(4-2)44-29-12-11-24-38(44)40-25-15-26-41(46(40)50)39-31-30-34-18-7-10-23-37(34)45(39)49-52-47(42-27-13-19-32-16-5-8-21-35(32)42)51-48(53-49)43-28-14-20-33-17-6-9-22-36(33)43/h5-31H,3-4H2,1-2H3. The number of aromatic nitrogens is 3. The molecule has 0 fully saturated rings. The summed E-state index contributed by atoms with van der Waals surface area (Å²) >= 11 is 0. The molecular weight excluding hydrogens is 643 g/mol. The van der Waals surface area contributed by atoms with Gasteiger partial charge in [0.1, 0.15) is 0 Å². The average Bonchev–Trinajstić information content (AvgIpc) is 3.53. The van der Waals surface area contributed by atoms with Crippen molar-refractivity contribution in [3.8, 4) is 56.4 Å². The lowest BCUT2D eigenvalue weighted by atomic mass is 9.71. The SMILES string of the molecule is CCC1(CC)c2ccccc2-c2cccc(-c3ccc4ccccc4c3-c3nc(-c4cccc5ccccc45)nc(-c4cccc5ccccc45)n3)c21. The van der Waals surface area contributed by atoms with Gasteiger partial charge in [0.15, 0.2) is 17.5 Å². The average molecular weight is 680 g/mol. The molecule has 0 atom stereocenters. The summed E-state index contributed by atoms with van der Waals surface area (Å²) in [6.07, 6.45) is 2.02. The molecule has 0 saturated carbocycles. The fraction of sp³-hybridized carbons (Fsp3) is 0.100. The van der Waals surface area contributed by atoms with Crippen molar-refractivity contribution in [3.63, 3.8) is 0 Å². The zero-order valence-corrected chi connectivity index (χ0v) is 29.8. The molecule has 0 aliphatic heterocycles. The van der Waals surface area contributed by atoms with Gasteiger partial charge in [-0.15, -0.1) is 0 Å². The van der Waals surface area contributed by atoms with E-state index < -0.39 is 0 Å². The highest BCUT2D eigenvalue weighted by Crippen LogP contribution is 2.56. The van der Waals surface area contributed by atoms with Gasteiger partial charge in [0, 0.05) is 22.1 Å². The van der Waals surface area contributed by atoms with Gasteiger partial charge in [-0.25, -0.2) is 15.0 Å². The van der Waals surface area contributed by atoms with Crippen LogP contribution in [0.15, 0.2) is 164 Å². The normalized spacial score (nSPS) is 13.0. The van der Waals surface area contributed by atoms with Gasteiger partial charge in [0.05, 0.1) is 0 Å². The van der Waals surface area contributed by atoms with E-state index in [9.17, 15) is 0 Å². The number of hydrogen-bond donors (Lipinski definition) is 0. The van der Waals surface area contributed by atoms with Crippen molar-refractivity contribution in [1.82, 2.24) is 15.0 Å². The Balaban J connectivity index is 1.32. The lowest BCUT2D eigenvalue weighted by molar-refractivity contribution is 0.491. The molecule has 8 aromatic carbocycles. The minimum absolute atomic E-state index is 0.104. The predicted octanol–water partition coefficient (Wildman–Crippen LogP) is 13.1. The van der Waals surface area contributed by atoms with Crippen LogP contribution in [0.1, 0.15) is 37.8 Å². The maximum Gasteiger partial charge on any atom is 0.165 e. The molecule has 0 spiro atoms. The quantitative estimate of drug-likeness (QED) is 0.176. The lowest BCUT2D eigenvalue weighted by Crippen LogP contribution is -2.24. The second kappa shape index (κ2) is 12.4. The Kier molecular flexibility index (Phi) is 7.29. The van der Waals surface area contributed by atoms with Crippen LogP contribution in [-0.2, 0) is 5.41 Å². The van der Waals surface area contributed by atoms with Crippen molar-refractivity contribution in [3.05, 3.63) is 175 Å². The molecule has 53 heavy (non-hydrogen) atoms. The molecule has 0 bridgehead atoms. The van der Waals surface area contributed by atoms with Crippen LogP contribution in [0.5, 0.6) is 0 Å². The molecule has 10 rings (SSSR count). The minimum Gasteiger partial charge on any atom is -0.208 e. The zero-order chi connectivity index (χ0) is 35.5. The van der Waals surface area contributed by atoms with E-state index in [0.29, 0.717) is 17.5 Å². The molecule has 252 valence electrons. The smallest absolute Gasteiger partial charge is 0.165 e. The minimum atomic E-state index is -0.104. The van der Waals surface area contributed by atoms with Crippen LogP contribution in [-0.4, -0.2) is 15.0 Å². The summed E-state index contributed by atoms with van der Waals surface area (Å²) < 4.78 is 0. The Hall–Kier alpha value is -6.45. The zero-order valence-electron chi connectivity index (χ0n) is 29.8. The maximum atomic E-state index is 5.45. The van der Waals surface area contributed by atoms with E-state index in [1.807, 2.05) is 0 Å². The van der Waals surface area contributed by atoms with Crippen LogP contribution < -0.4 is 0 Å². The van der Waals surface area contributed by atoms with Crippen LogP contribution >= 0.6 is 0 Å². The van der Waals surface area contributed by atoms with E-state index >= 15 is 0 Å². The first-order valence-corrected chi connectivity index (χ1v) is 18.7. The molecule has 0 unspecified atom stereocenters. The van der Waals surface area contributed by atoms with E-state index in [1.165, 1.54) is 27.8 Å². The maximum absolute atomic E-state index is 5.45. The molecule has 9 aromatic rings.